The molecule has 0 aliphatic heterocycles. The Morgan fingerprint density at radius 3 is 2.38 bits per heavy atom. The van der Waals surface area contributed by atoms with Crippen molar-refractivity contribution in [2.45, 2.75) is 19.1 Å². The van der Waals surface area contributed by atoms with Crippen LogP contribution in [0.15, 0.2) is 41.7 Å². The summed E-state index contributed by atoms with van der Waals surface area (Å²) in [5.74, 6) is -1.51. The molecule has 0 bridgehead atoms. The normalized spacial score (nSPS) is 12.1. The zero-order chi connectivity index (χ0) is 20.0. The first-order valence-electron chi connectivity index (χ1n) is 7.55. The van der Waals surface area contributed by atoms with Gasteiger partial charge in [0.2, 0.25) is 0 Å². The fraction of sp³-hybridized carbons (Fsp3) is 0.188. The molecule has 1 heterocycles. The van der Waals surface area contributed by atoms with E-state index < -0.39 is 26.4 Å². The van der Waals surface area contributed by atoms with Gasteiger partial charge in [0.05, 0.1) is 12.8 Å². The number of hydrogen-bond donors (Lipinski definition) is 5. The molecule has 2 rings (SSSR count). The van der Waals surface area contributed by atoms with Crippen molar-refractivity contribution in [1.29, 1.82) is 0 Å². The number of aromatic nitrogens is 1. The zero-order valence-electron chi connectivity index (χ0n) is 14.6. The van der Waals surface area contributed by atoms with E-state index in [1.807, 2.05) is 0 Å². The first kappa shape index (κ1) is 26.7. The van der Waals surface area contributed by atoms with Crippen LogP contribution in [-0.4, -0.2) is 53.8 Å². The van der Waals surface area contributed by atoms with Crippen LogP contribution < -0.4 is 0 Å². The van der Waals surface area contributed by atoms with E-state index in [-0.39, 0.29) is 51.6 Å². The van der Waals surface area contributed by atoms with Gasteiger partial charge in [-0.05, 0) is 17.7 Å². The Hall–Kier alpha value is -2.30. The fourth-order valence-corrected chi connectivity index (χ4v) is 2.45. The third-order valence-corrected chi connectivity index (χ3v) is 3.94. The van der Waals surface area contributed by atoms with Crippen molar-refractivity contribution in [3.05, 3.63) is 53.3 Å². The number of carboxylic acid groups (broad SMARTS) is 1. The standard InChI is InChI=1S/C16H17N2O8P.Cu.H2O/c19-12-3-1-10(2-4-12)5-14(16(21)22)18-7-13-11(6-17-8-15(13)20)9-26-27(23,24)25;;/h1-4,6-8,14,19-20H,5,9H2,(H,21,22)(H2,23,24,25);;1H2/p-1. The van der Waals surface area contributed by atoms with Gasteiger partial charge in [-0.15, -0.1) is 0 Å². The van der Waals surface area contributed by atoms with E-state index in [0.717, 1.165) is 12.4 Å². The second kappa shape index (κ2) is 11.6. The Morgan fingerprint density at radius 1 is 1.21 bits per heavy atom. The van der Waals surface area contributed by atoms with Gasteiger partial charge >= 0.3 is 13.8 Å². The number of carboxylic acids is 1. The van der Waals surface area contributed by atoms with E-state index in [2.05, 4.69) is 14.5 Å². The minimum absolute atomic E-state index is 0. The summed E-state index contributed by atoms with van der Waals surface area (Å²) in [5, 5.41) is 28.5. The number of pyridine rings is 1. The molecule has 1 radical (unpaired) electrons. The van der Waals surface area contributed by atoms with Crippen LogP contribution in [0.4, 0.5) is 0 Å². The maximum atomic E-state index is 11.5. The molecule has 29 heavy (non-hydrogen) atoms. The first-order chi connectivity index (χ1) is 12.7. The van der Waals surface area contributed by atoms with Crippen LogP contribution in [-0.2, 0) is 44.0 Å². The van der Waals surface area contributed by atoms with E-state index in [1.165, 1.54) is 18.3 Å². The predicted octanol–water partition coefficient (Wildman–Crippen LogP) is 1.04. The molecular formula is C16H18CuN2O9P-. The molecule has 0 aliphatic carbocycles. The summed E-state index contributed by atoms with van der Waals surface area (Å²) in [6, 6.07) is 4.78. The second-order valence-corrected chi connectivity index (χ2v) is 6.74. The minimum Gasteiger partial charge on any atom is -0.870 e. The number of aliphatic carboxylic acids is 1. The number of aromatic hydroxyl groups is 2. The molecule has 1 aromatic carbocycles. The molecule has 0 saturated heterocycles. The van der Waals surface area contributed by atoms with E-state index in [1.54, 1.807) is 12.1 Å². The van der Waals surface area contributed by atoms with E-state index >= 15 is 0 Å². The van der Waals surface area contributed by atoms with Crippen molar-refractivity contribution >= 4 is 20.0 Å². The molecule has 0 spiro atoms. The molecule has 0 saturated carbocycles. The van der Waals surface area contributed by atoms with E-state index in [9.17, 15) is 24.7 Å². The van der Waals surface area contributed by atoms with Gasteiger partial charge in [0.15, 0.2) is 6.04 Å². The van der Waals surface area contributed by atoms with Gasteiger partial charge < -0.3 is 30.6 Å². The topological polar surface area (TPSA) is 200 Å². The number of nitrogens with zero attached hydrogens (tertiary/aromatic N) is 2. The third-order valence-electron chi connectivity index (χ3n) is 3.47. The maximum absolute atomic E-state index is 11.5. The molecule has 1 unspecified atom stereocenters. The monoisotopic (exact) mass is 476 g/mol. The van der Waals surface area contributed by atoms with Gasteiger partial charge in [0.1, 0.15) is 11.5 Å². The average molecular weight is 477 g/mol. The minimum atomic E-state index is -4.74. The largest absolute Gasteiger partial charge is 0.870 e. The van der Waals surface area contributed by atoms with E-state index in [4.69, 9.17) is 9.79 Å². The van der Waals surface area contributed by atoms with Crippen LogP contribution in [0, 0.1) is 0 Å². The van der Waals surface area contributed by atoms with Crippen LogP contribution in [0.25, 0.3) is 0 Å². The van der Waals surface area contributed by atoms with Crippen molar-refractivity contribution < 1.29 is 61.5 Å². The number of phosphoric ester groups is 1. The summed E-state index contributed by atoms with van der Waals surface area (Å²) < 4.78 is 15.2. The summed E-state index contributed by atoms with van der Waals surface area (Å²) in [6.45, 7) is -0.553. The van der Waals surface area contributed by atoms with Crippen LogP contribution in [0.1, 0.15) is 16.7 Å². The van der Waals surface area contributed by atoms with Crippen LogP contribution in [0.3, 0.4) is 0 Å². The van der Waals surface area contributed by atoms with Gasteiger partial charge in [-0.3, -0.25) is 14.5 Å². The Kier molecular flexibility index (Phi) is 10.7. The number of hydrogen-bond acceptors (Lipinski definition) is 8. The molecule has 0 amide bonds. The van der Waals surface area contributed by atoms with Crippen molar-refractivity contribution in [3.8, 4) is 11.5 Å². The summed E-state index contributed by atoms with van der Waals surface area (Å²) in [7, 11) is -4.74. The smallest absolute Gasteiger partial charge is 0.469 e. The summed E-state index contributed by atoms with van der Waals surface area (Å²) >= 11 is 0. The Bertz CT molecular complexity index is 886. The SMILES string of the molecule is O=C(O)C(Cc1ccc(O)cc1)N=Cc1c(O)cncc1COP(=O)(O)O.[Cu].[OH-]. The molecule has 1 aromatic heterocycles. The number of phosphoric acid groups is 1. The molecular weight excluding hydrogens is 459 g/mol. The van der Waals surface area contributed by atoms with Gasteiger partial charge in [-0.2, -0.15) is 0 Å². The number of carbonyl (C=O) groups is 1. The van der Waals surface area contributed by atoms with Crippen molar-refractivity contribution in [2.75, 3.05) is 0 Å². The molecule has 2 aromatic rings. The number of rotatable bonds is 8. The van der Waals surface area contributed by atoms with Crippen molar-refractivity contribution in [2.24, 2.45) is 4.99 Å². The van der Waals surface area contributed by atoms with Crippen LogP contribution in [0.2, 0.25) is 0 Å². The second-order valence-electron chi connectivity index (χ2n) is 5.50. The van der Waals surface area contributed by atoms with Gasteiger partial charge in [0.25, 0.3) is 0 Å². The summed E-state index contributed by atoms with van der Waals surface area (Å²) in [5.41, 5.74) is 0.785. The molecule has 6 N–H and O–H groups in total. The fourth-order valence-electron chi connectivity index (χ4n) is 2.14. The maximum Gasteiger partial charge on any atom is 0.469 e. The molecule has 0 fully saturated rings. The Balaban J connectivity index is 0.00000392. The molecule has 11 nitrogen and oxygen atoms in total. The van der Waals surface area contributed by atoms with Gasteiger partial charge in [-0.1, -0.05) is 12.1 Å². The van der Waals surface area contributed by atoms with Crippen LogP contribution in [0.5, 0.6) is 11.5 Å². The number of phenols is 1. The number of aliphatic imine (C=N–C) groups is 1. The first-order valence-corrected chi connectivity index (χ1v) is 9.08. The van der Waals surface area contributed by atoms with Gasteiger partial charge in [0, 0.05) is 47.0 Å². The Labute approximate surface area is 175 Å². The predicted molar refractivity (Wildman–Crippen MR) is 95.5 cm³/mol. The zero-order valence-corrected chi connectivity index (χ0v) is 16.4. The summed E-state index contributed by atoms with van der Waals surface area (Å²) in [4.78, 5) is 36.7. The average Bonchev–Trinajstić information content (AvgIpc) is 2.58. The van der Waals surface area contributed by atoms with Crippen LogP contribution >= 0.6 is 7.82 Å². The number of benzene rings is 1. The van der Waals surface area contributed by atoms with E-state index in [0.29, 0.717) is 5.56 Å². The molecule has 0 aliphatic rings. The quantitative estimate of drug-likeness (QED) is 0.208. The van der Waals surface area contributed by atoms with Gasteiger partial charge in [-0.25, -0.2) is 9.36 Å². The summed E-state index contributed by atoms with van der Waals surface area (Å²) in [6.07, 6.45) is 3.42. The number of phenolic OH excluding ortho intramolecular Hbond substituents is 1. The molecule has 1 atom stereocenters. The van der Waals surface area contributed by atoms with Crippen molar-refractivity contribution in [3.63, 3.8) is 0 Å². The Morgan fingerprint density at radius 2 is 1.83 bits per heavy atom. The third kappa shape index (κ3) is 8.71. The molecule has 13 heteroatoms. The van der Waals surface area contributed by atoms with Crippen molar-refractivity contribution in [1.82, 2.24) is 4.98 Å². The molecule has 163 valence electrons.